The summed E-state index contributed by atoms with van der Waals surface area (Å²) in [5, 5.41) is 4.87. The molecule has 0 spiro atoms. The number of hydrogen-bond acceptors (Lipinski definition) is 1. The van der Waals surface area contributed by atoms with Gasteiger partial charge in [-0.1, -0.05) is 109 Å². The zero-order chi connectivity index (χ0) is 22.2. The van der Waals surface area contributed by atoms with Crippen molar-refractivity contribution in [2.24, 2.45) is 0 Å². The van der Waals surface area contributed by atoms with E-state index in [-0.39, 0.29) is 0 Å². The van der Waals surface area contributed by atoms with Crippen LogP contribution in [0.2, 0.25) is 0 Å². The van der Waals surface area contributed by atoms with Gasteiger partial charge in [0, 0.05) is 5.69 Å². The third kappa shape index (κ3) is 3.54. The highest BCUT2D eigenvalue weighted by Gasteiger charge is 2.13. The van der Waals surface area contributed by atoms with Gasteiger partial charge in [0.15, 0.2) is 0 Å². The summed E-state index contributed by atoms with van der Waals surface area (Å²) in [5.74, 6) is 0. The lowest BCUT2D eigenvalue weighted by molar-refractivity contribution is 1.59. The van der Waals surface area contributed by atoms with Gasteiger partial charge < -0.3 is 5.73 Å². The summed E-state index contributed by atoms with van der Waals surface area (Å²) in [4.78, 5) is 0. The first kappa shape index (κ1) is 19.3. The molecule has 1 heteroatoms. The van der Waals surface area contributed by atoms with Crippen molar-refractivity contribution in [1.82, 2.24) is 0 Å². The molecule has 0 aliphatic rings. The summed E-state index contributed by atoms with van der Waals surface area (Å²) in [6, 6.07) is 45.3. The van der Waals surface area contributed by atoms with Crippen LogP contribution in [0.4, 0.5) is 5.69 Å². The second kappa shape index (κ2) is 7.96. The Morgan fingerprint density at radius 2 is 1.00 bits per heavy atom. The summed E-state index contributed by atoms with van der Waals surface area (Å²) < 4.78 is 0. The minimum atomic E-state index is 0.792. The predicted octanol–water partition coefficient (Wildman–Crippen LogP) is 8.58. The lowest BCUT2D eigenvalue weighted by atomic mass is 9.88. The molecule has 0 saturated heterocycles. The predicted molar refractivity (Wildman–Crippen MR) is 142 cm³/mol. The number of nitrogen functional groups attached to an aromatic ring is 1. The highest BCUT2D eigenvalue weighted by molar-refractivity contribution is 6.05. The smallest absolute Gasteiger partial charge is 0.0320 e. The second-order valence-electron chi connectivity index (χ2n) is 8.47. The van der Waals surface area contributed by atoms with Gasteiger partial charge in [-0.05, 0) is 73.1 Å². The zero-order valence-corrected chi connectivity index (χ0v) is 18.2. The topological polar surface area (TPSA) is 26.0 Å². The Labute approximate surface area is 193 Å². The largest absolute Gasteiger partial charge is 0.399 e. The molecular formula is C32H23N. The van der Waals surface area contributed by atoms with Crippen molar-refractivity contribution in [3.8, 4) is 33.4 Å². The standard InChI is InChI=1S/C32H23N/c33-29-18-16-26-20-28(15-14-27(26)21-29)31-19-17-24-8-4-5-9-30(24)32(31)25-12-10-23(11-13-25)22-6-2-1-3-7-22/h1-21H,33H2. The zero-order valence-electron chi connectivity index (χ0n) is 18.2. The van der Waals surface area contributed by atoms with Crippen LogP contribution in [0.5, 0.6) is 0 Å². The highest BCUT2D eigenvalue weighted by atomic mass is 14.5. The maximum atomic E-state index is 5.99. The molecule has 156 valence electrons. The van der Waals surface area contributed by atoms with Crippen molar-refractivity contribution < 1.29 is 0 Å². The Kier molecular flexibility index (Phi) is 4.66. The van der Waals surface area contributed by atoms with Crippen LogP contribution in [0, 0.1) is 0 Å². The van der Waals surface area contributed by atoms with Crippen LogP contribution in [-0.4, -0.2) is 0 Å². The number of benzene rings is 6. The van der Waals surface area contributed by atoms with Gasteiger partial charge in [0.05, 0.1) is 0 Å². The molecule has 6 aromatic carbocycles. The lowest BCUT2D eigenvalue weighted by Crippen LogP contribution is -1.89. The van der Waals surface area contributed by atoms with E-state index in [0.29, 0.717) is 0 Å². The summed E-state index contributed by atoms with van der Waals surface area (Å²) in [6.07, 6.45) is 0. The molecule has 0 radical (unpaired) electrons. The highest BCUT2D eigenvalue weighted by Crippen LogP contribution is 2.39. The summed E-state index contributed by atoms with van der Waals surface area (Å²) in [7, 11) is 0. The van der Waals surface area contributed by atoms with Gasteiger partial charge in [0.2, 0.25) is 0 Å². The SMILES string of the molecule is Nc1ccc2cc(-c3ccc4ccccc4c3-c3ccc(-c4ccccc4)cc3)ccc2c1. The number of anilines is 1. The van der Waals surface area contributed by atoms with Crippen molar-refractivity contribution in [2.75, 3.05) is 5.73 Å². The molecule has 0 aromatic heterocycles. The van der Waals surface area contributed by atoms with E-state index in [4.69, 9.17) is 5.73 Å². The van der Waals surface area contributed by atoms with E-state index in [9.17, 15) is 0 Å². The number of nitrogens with two attached hydrogens (primary N) is 1. The molecule has 1 nitrogen and oxygen atoms in total. The second-order valence-corrected chi connectivity index (χ2v) is 8.47. The summed E-state index contributed by atoms with van der Waals surface area (Å²) >= 11 is 0. The first-order chi connectivity index (χ1) is 16.3. The maximum Gasteiger partial charge on any atom is 0.0320 e. The Bertz CT molecular complexity index is 1600. The molecule has 0 unspecified atom stereocenters. The van der Waals surface area contributed by atoms with Gasteiger partial charge in [0.25, 0.3) is 0 Å². The molecule has 0 aliphatic heterocycles. The van der Waals surface area contributed by atoms with Crippen LogP contribution in [0.25, 0.3) is 54.9 Å². The number of hydrogen-bond donors (Lipinski definition) is 1. The first-order valence-corrected chi connectivity index (χ1v) is 11.2. The van der Waals surface area contributed by atoms with Crippen LogP contribution in [0.3, 0.4) is 0 Å². The maximum absolute atomic E-state index is 5.99. The fourth-order valence-corrected chi connectivity index (χ4v) is 4.71. The molecule has 6 aromatic rings. The van der Waals surface area contributed by atoms with Crippen LogP contribution in [0.15, 0.2) is 127 Å². The van der Waals surface area contributed by atoms with Crippen molar-refractivity contribution >= 4 is 27.2 Å². The van der Waals surface area contributed by atoms with Crippen LogP contribution < -0.4 is 5.73 Å². The monoisotopic (exact) mass is 421 g/mol. The quantitative estimate of drug-likeness (QED) is 0.285. The normalized spacial score (nSPS) is 11.2. The van der Waals surface area contributed by atoms with Gasteiger partial charge >= 0.3 is 0 Å². The molecule has 0 fully saturated rings. The third-order valence-corrected chi connectivity index (χ3v) is 6.39. The first-order valence-electron chi connectivity index (χ1n) is 11.2. The Morgan fingerprint density at radius 3 is 1.85 bits per heavy atom. The van der Waals surface area contributed by atoms with Gasteiger partial charge in [-0.2, -0.15) is 0 Å². The van der Waals surface area contributed by atoms with Crippen LogP contribution in [0.1, 0.15) is 0 Å². The summed E-state index contributed by atoms with van der Waals surface area (Å²) in [6.45, 7) is 0. The Morgan fingerprint density at radius 1 is 0.394 bits per heavy atom. The molecule has 6 rings (SSSR count). The molecule has 0 atom stereocenters. The molecular weight excluding hydrogens is 398 g/mol. The minimum absolute atomic E-state index is 0.792. The van der Waals surface area contributed by atoms with Gasteiger partial charge in [0.1, 0.15) is 0 Å². The molecule has 2 N–H and O–H groups in total. The van der Waals surface area contributed by atoms with Crippen molar-refractivity contribution in [2.45, 2.75) is 0 Å². The fraction of sp³-hybridized carbons (Fsp3) is 0. The van der Waals surface area contributed by atoms with E-state index in [1.165, 1.54) is 49.5 Å². The van der Waals surface area contributed by atoms with E-state index in [1.807, 2.05) is 12.1 Å². The molecule has 0 amide bonds. The van der Waals surface area contributed by atoms with Crippen molar-refractivity contribution in [3.63, 3.8) is 0 Å². The van der Waals surface area contributed by atoms with Crippen molar-refractivity contribution in [1.29, 1.82) is 0 Å². The van der Waals surface area contributed by atoms with Crippen LogP contribution >= 0.6 is 0 Å². The van der Waals surface area contributed by atoms with E-state index in [2.05, 4.69) is 115 Å². The van der Waals surface area contributed by atoms with Gasteiger partial charge in [-0.15, -0.1) is 0 Å². The number of fused-ring (bicyclic) bond motifs is 2. The fourth-order valence-electron chi connectivity index (χ4n) is 4.71. The molecule has 0 aliphatic carbocycles. The lowest BCUT2D eigenvalue weighted by Gasteiger charge is -2.15. The molecule has 0 heterocycles. The number of rotatable bonds is 3. The molecule has 0 bridgehead atoms. The van der Waals surface area contributed by atoms with E-state index in [0.717, 1.165) is 11.1 Å². The minimum Gasteiger partial charge on any atom is -0.399 e. The molecule has 0 saturated carbocycles. The molecule has 33 heavy (non-hydrogen) atoms. The van der Waals surface area contributed by atoms with E-state index < -0.39 is 0 Å². The average Bonchev–Trinajstić information content (AvgIpc) is 2.88. The van der Waals surface area contributed by atoms with Gasteiger partial charge in [-0.3, -0.25) is 0 Å². The van der Waals surface area contributed by atoms with E-state index >= 15 is 0 Å². The van der Waals surface area contributed by atoms with E-state index in [1.54, 1.807) is 0 Å². The Hall–Kier alpha value is -4.36. The third-order valence-electron chi connectivity index (χ3n) is 6.39. The van der Waals surface area contributed by atoms with Gasteiger partial charge in [-0.25, -0.2) is 0 Å². The average molecular weight is 422 g/mol. The Balaban J connectivity index is 1.55. The summed E-state index contributed by atoms with van der Waals surface area (Å²) in [5.41, 5.74) is 14.2. The van der Waals surface area contributed by atoms with Crippen molar-refractivity contribution in [3.05, 3.63) is 127 Å². The van der Waals surface area contributed by atoms with Crippen LogP contribution in [-0.2, 0) is 0 Å².